The zero-order chi connectivity index (χ0) is 13.9. The molecule has 0 spiro atoms. The van der Waals surface area contributed by atoms with Gasteiger partial charge in [0, 0.05) is 5.56 Å². The van der Waals surface area contributed by atoms with Crippen LogP contribution in [0.2, 0.25) is 0 Å². The maximum absolute atomic E-state index is 10.0. The van der Waals surface area contributed by atoms with Crippen LogP contribution in [0.5, 0.6) is 5.75 Å². The van der Waals surface area contributed by atoms with Crippen molar-refractivity contribution in [1.29, 1.82) is 0 Å². The van der Waals surface area contributed by atoms with E-state index in [4.69, 9.17) is 5.73 Å². The van der Waals surface area contributed by atoms with E-state index in [0.29, 0.717) is 12.0 Å². The molecule has 1 rings (SSSR count). The predicted molar refractivity (Wildman–Crippen MR) is 71.4 cm³/mol. The van der Waals surface area contributed by atoms with Crippen molar-refractivity contribution in [2.45, 2.75) is 44.8 Å². The summed E-state index contributed by atoms with van der Waals surface area (Å²) in [6.07, 6.45) is -1.78. The Hall–Kier alpha value is -1.10. The van der Waals surface area contributed by atoms with Gasteiger partial charge in [-0.2, -0.15) is 0 Å². The molecule has 0 bridgehead atoms. The second-order valence-corrected chi connectivity index (χ2v) is 5.61. The summed E-state index contributed by atoms with van der Waals surface area (Å²) < 4.78 is 0. The number of aliphatic hydroxyl groups is 2. The first-order chi connectivity index (χ1) is 8.27. The van der Waals surface area contributed by atoms with E-state index in [-0.39, 0.29) is 17.7 Å². The molecule has 0 aliphatic heterocycles. The topological polar surface area (TPSA) is 86.7 Å². The zero-order valence-corrected chi connectivity index (χ0v) is 11.2. The molecule has 0 aliphatic rings. The molecule has 18 heavy (non-hydrogen) atoms. The van der Waals surface area contributed by atoms with Gasteiger partial charge in [-0.1, -0.05) is 26.8 Å². The molecular formula is C14H23NO3. The van der Waals surface area contributed by atoms with E-state index in [1.165, 1.54) is 0 Å². The SMILES string of the molecule is CC(C)(C)c1ccc(O)c(C(O)C(O)CCN)c1. The van der Waals surface area contributed by atoms with Crippen LogP contribution in [0.4, 0.5) is 0 Å². The monoisotopic (exact) mass is 253 g/mol. The molecule has 4 nitrogen and oxygen atoms in total. The summed E-state index contributed by atoms with van der Waals surface area (Å²) >= 11 is 0. The molecule has 4 heteroatoms. The predicted octanol–water partition coefficient (Wildman–Crippen LogP) is 1.43. The standard InChI is InChI=1S/C14H23NO3/c1-14(2,3)9-4-5-11(16)10(8-9)13(18)12(17)6-7-15/h4-5,8,12-13,16-18H,6-7,15H2,1-3H3. The fraction of sp³-hybridized carbons (Fsp3) is 0.571. The summed E-state index contributed by atoms with van der Waals surface area (Å²) in [6.45, 7) is 6.43. The van der Waals surface area contributed by atoms with Crippen LogP contribution < -0.4 is 5.73 Å². The lowest BCUT2D eigenvalue weighted by molar-refractivity contribution is 0.0136. The number of phenols is 1. The Labute approximate surface area is 108 Å². The summed E-state index contributed by atoms with van der Waals surface area (Å²) in [4.78, 5) is 0. The van der Waals surface area contributed by atoms with Crippen LogP contribution >= 0.6 is 0 Å². The van der Waals surface area contributed by atoms with E-state index in [0.717, 1.165) is 5.56 Å². The minimum absolute atomic E-state index is 0.00780. The summed E-state index contributed by atoms with van der Waals surface area (Å²) in [6, 6.07) is 5.11. The fourth-order valence-electron chi connectivity index (χ4n) is 1.79. The minimum atomic E-state index is -1.11. The van der Waals surface area contributed by atoms with Crippen molar-refractivity contribution in [3.63, 3.8) is 0 Å². The van der Waals surface area contributed by atoms with Crippen LogP contribution in [-0.4, -0.2) is 28.0 Å². The second-order valence-electron chi connectivity index (χ2n) is 5.61. The molecule has 1 aromatic rings. The molecular weight excluding hydrogens is 230 g/mol. The molecule has 0 radical (unpaired) electrons. The zero-order valence-electron chi connectivity index (χ0n) is 11.2. The van der Waals surface area contributed by atoms with Crippen LogP contribution in [0.3, 0.4) is 0 Å². The van der Waals surface area contributed by atoms with E-state index in [2.05, 4.69) is 0 Å². The van der Waals surface area contributed by atoms with Gasteiger partial charge < -0.3 is 21.1 Å². The quantitative estimate of drug-likeness (QED) is 0.654. The van der Waals surface area contributed by atoms with Crippen LogP contribution in [0, 0.1) is 0 Å². The Bertz CT molecular complexity index is 399. The van der Waals surface area contributed by atoms with Gasteiger partial charge in [0.1, 0.15) is 11.9 Å². The van der Waals surface area contributed by atoms with Crippen molar-refractivity contribution in [3.05, 3.63) is 29.3 Å². The maximum Gasteiger partial charge on any atom is 0.121 e. The number of benzene rings is 1. The van der Waals surface area contributed by atoms with Gasteiger partial charge in [-0.15, -0.1) is 0 Å². The van der Waals surface area contributed by atoms with Gasteiger partial charge in [-0.25, -0.2) is 0 Å². The average molecular weight is 253 g/mol. The Morgan fingerprint density at radius 3 is 2.33 bits per heavy atom. The molecule has 0 heterocycles. The first-order valence-electron chi connectivity index (χ1n) is 6.17. The number of rotatable bonds is 4. The number of hydrogen-bond acceptors (Lipinski definition) is 4. The van der Waals surface area contributed by atoms with Crippen molar-refractivity contribution >= 4 is 0 Å². The third-order valence-corrected chi connectivity index (χ3v) is 3.04. The molecule has 0 fully saturated rings. The normalized spacial score (nSPS) is 15.4. The minimum Gasteiger partial charge on any atom is -0.508 e. The number of aliphatic hydroxyl groups excluding tert-OH is 2. The fourth-order valence-corrected chi connectivity index (χ4v) is 1.79. The lowest BCUT2D eigenvalue weighted by Gasteiger charge is -2.23. The molecule has 0 saturated carbocycles. The molecule has 102 valence electrons. The Balaban J connectivity index is 3.08. The average Bonchev–Trinajstić information content (AvgIpc) is 2.27. The molecule has 2 unspecified atom stereocenters. The Morgan fingerprint density at radius 2 is 1.83 bits per heavy atom. The molecule has 5 N–H and O–H groups in total. The molecule has 0 amide bonds. The highest BCUT2D eigenvalue weighted by Crippen LogP contribution is 2.32. The third kappa shape index (κ3) is 3.45. The van der Waals surface area contributed by atoms with Gasteiger partial charge in [0.25, 0.3) is 0 Å². The first kappa shape index (κ1) is 15.0. The molecule has 0 saturated heterocycles. The lowest BCUT2D eigenvalue weighted by Crippen LogP contribution is -2.22. The maximum atomic E-state index is 10.0. The third-order valence-electron chi connectivity index (χ3n) is 3.04. The van der Waals surface area contributed by atoms with Crippen LogP contribution in [0.15, 0.2) is 18.2 Å². The highest BCUT2D eigenvalue weighted by atomic mass is 16.3. The van der Waals surface area contributed by atoms with E-state index in [1.54, 1.807) is 12.1 Å². The lowest BCUT2D eigenvalue weighted by atomic mass is 9.85. The summed E-state index contributed by atoms with van der Waals surface area (Å²) in [5.74, 6) is -0.00780. The van der Waals surface area contributed by atoms with Gasteiger partial charge in [0.15, 0.2) is 0 Å². The van der Waals surface area contributed by atoms with Crippen molar-refractivity contribution in [3.8, 4) is 5.75 Å². The Kier molecular flexibility index (Phi) is 4.73. The van der Waals surface area contributed by atoms with Crippen molar-refractivity contribution in [1.82, 2.24) is 0 Å². The number of aromatic hydroxyl groups is 1. The number of hydrogen-bond donors (Lipinski definition) is 4. The smallest absolute Gasteiger partial charge is 0.121 e. The van der Waals surface area contributed by atoms with Crippen molar-refractivity contribution in [2.24, 2.45) is 5.73 Å². The summed E-state index contributed by atoms with van der Waals surface area (Å²) in [5, 5.41) is 29.6. The molecule has 0 aliphatic carbocycles. The van der Waals surface area contributed by atoms with Crippen LogP contribution in [0.1, 0.15) is 44.4 Å². The van der Waals surface area contributed by atoms with Crippen LogP contribution in [0.25, 0.3) is 0 Å². The van der Waals surface area contributed by atoms with Crippen molar-refractivity contribution in [2.75, 3.05) is 6.54 Å². The second kappa shape index (κ2) is 5.69. The van der Waals surface area contributed by atoms with E-state index in [1.807, 2.05) is 26.8 Å². The Morgan fingerprint density at radius 1 is 1.22 bits per heavy atom. The number of phenolic OH excluding ortho intramolecular Hbond substituents is 1. The molecule has 0 aromatic heterocycles. The van der Waals surface area contributed by atoms with Gasteiger partial charge >= 0.3 is 0 Å². The van der Waals surface area contributed by atoms with E-state index in [9.17, 15) is 15.3 Å². The molecule has 1 aromatic carbocycles. The van der Waals surface area contributed by atoms with E-state index >= 15 is 0 Å². The summed E-state index contributed by atoms with van der Waals surface area (Å²) in [5.41, 5.74) is 6.61. The van der Waals surface area contributed by atoms with Gasteiger partial charge in [0.2, 0.25) is 0 Å². The first-order valence-corrected chi connectivity index (χ1v) is 6.17. The van der Waals surface area contributed by atoms with Gasteiger partial charge in [-0.3, -0.25) is 0 Å². The van der Waals surface area contributed by atoms with Gasteiger partial charge in [-0.05, 0) is 36.1 Å². The van der Waals surface area contributed by atoms with Gasteiger partial charge in [0.05, 0.1) is 6.10 Å². The van der Waals surface area contributed by atoms with Crippen molar-refractivity contribution < 1.29 is 15.3 Å². The highest BCUT2D eigenvalue weighted by Gasteiger charge is 2.23. The van der Waals surface area contributed by atoms with Crippen LogP contribution in [-0.2, 0) is 5.41 Å². The number of nitrogens with two attached hydrogens (primary N) is 1. The molecule has 2 atom stereocenters. The largest absolute Gasteiger partial charge is 0.508 e. The van der Waals surface area contributed by atoms with E-state index < -0.39 is 12.2 Å². The highest BCUT2D eigenvalue weighted by molar-refractivity contribution is 5.40. The summed E-state index contributed by atoms with van der Waals surface area (Å²) in [7, 11) is 0.